The Balaban J connectivity index is 0.00000141. The molecule has 0 saturated heterocycles. The number of aldehydes is 1. The van der Waals surface area contributed by atoms with Gasteiger partial charge in [-0.15, -0.1) is 0 Å². The van der Waals surface area contributed by atoms with Crippen LogP contribution in [-0.4, -0.2) is 23.1 Å². The van der Waals surface area contributed by atoms with Crippen molar-refractivity contribution in [3.05, 3.63) is 56.5 Å². The van der Waals surface area contributed by atoms with E-state index in [1.54, 1.807) is 11.6 Å². The Labute approximate surface area is 188 Å². The molecule has 1 aliphatic rings. The van der Waals surface area contributed by atoms with Crippen LogP contribution >= 0.6 is 0 Å². The maximum absolute atomic E-state index is 13.2. The highest BCUT2D eigenvalue weighted by atomic mass is 16.3. The van der Waals surface area contributed by atoms with Gasteiger partial charge in [0.15, 0.2) is 0 Å². The van der Waals surface area contributed by atoms with Gasteiger partial charge in [0.1, 0.15) is 17.5 Å². The number of carbonyl (C=O) groups is 1. The summed E-state index contributed by atoms with van der Waals surface area (Å²) < 4.78 is 7.94. The number of pyridine rings is 1. The van der Waals surface area contributed by atoms with E-state index in [1.165, 1.54) is 0 Å². The quantitative estimate of drug-likeness (QED) is 0.451. The Bertz CT molecular complexity index is 1250. The first-order valence-electron chi connectivity index (χ1n) is 11.4. The van der Waals surface area contributed by atoms with Crippen molar-refractivity contribution in [3.8, 4) is 11.3 Å². The molecule has 3 aromatic rings. The number of hydrogen-bond donors (Lipinski definition) is 1. The Morgan fingerprint density at radius 1 is 1.12 bits per heavy atom. The van der Waals surface area contributed by atoms with Crippen molar-refractivity contribution in [2.75, 3.05) is 7.11 Å². The Morgan fingerprint density at radius 3 is 2.56 bits per heavy atom. The lowest BCUT2D eigenvalue weighted by molar-refractivity contribution is -0.109. The molecule has 1 N–H and O–H groups in total. The number of furan rings is 1. The van der Waals surface area contributed by atoms with Gasteiger partial charge in [-0.25, -0.2) is 0 Å². The molecule has 32 heavy (non-hydrogen) atoms. The fourth-order valence-electron chi connectivity index (χ4n) is 4.54. The molecule has 2 heterocycles. The summed E-state index contributed by atoms with van der Waals surface area (Å²) in [5.41, 5.74) is 3.52. The van der Waals surface area contributed by atoms with Gasteiger partial charge in [-0.3, -0.25) is 4.79 Å². The predicted octanol–water partition coefficient (Wildman–Crippen LogP) is 3.93. The van der Waals surface area contributed by atoms with E-state index in [1.807, 2.05) is 25.1 Å². The number of aliphatic hydroxyl groups is 1. The minimum atomic E-state index is -0.343. The second kappa shape index (κ2) is 10.6. The SMILES string of the molecule is CCCCCC(C=O)c1c(-c2cc3c(o2)=CCCC=3)c2cc(C)ccc2c(=O)n1C.CO. The van der Waals surface area contributed by atoms with Gasteiger partial charge in [-0.1, -0.05) is 50.0 Å². The highest BCUT2D eigenvalue weighted by Crippen LogP contribution is 2.35. The third kappa shape index (κ3) is 4.49. The van der Waals surface area contributed by atoms with Crippen LogP contribution in [0.2, 0.25) is 0 Å². The normalized spacial score (nSPS) is 13.4. The van der Waals surface area contributed by atoms with E-state index in [4.69, 9.17) is 9.52 Å². The molecule has 1 aliphatic carbocycles. The second-order valence-corrected chi connectivity index (χ2v) is 8.33. The van der Waals surface area contributed by atoms with Gasteiger partial charge >= 0.3 is 0 Å². The van der Waals surface area contributed by atoms with Gasteiger partial charge < -0.3 is 18.9 Å². The lowest BCUT2D eigenvalue weighted by Gasteiger charge is -2.20. The molecule has 2 aromatic heterocycles. The number of nitrogens with zero attached hydrogens (tertiary/aromatic N) is 1. The van der Waals surface area contributed by atoms with Crippen molar-refractivity contribution >= 4 is 29.2 Å². The molecule has 1 unspecified atom stereocenters. The van der Waals surface area contributed by atoms with E-state index < -0.39 is 0 Å². The van der Waals surface area contributed by atoms with Gasteiger partial charge in [0.05, 0.1) is 5.92 Å². The third-order valence-electron chi connectivity index (χ3n) is 6.13. The molecule has 4 rings (SSSR count). The zero-order chi connectivity index (χ0) is 23.3. The number of unbranched alkanes of at least 4 members (excludes halogenated alkanes) is 2. The van der Waals surface area contributed by atoms with Crippen LogP contribution in [0.25, 0.3) is 34.2 Å². The van der Waals surface area contributed by atoms with Crippen LogP contribution in [0.1, 0.15) is 62.6 Å². The summed E-state index contributed by atoms with van der Waals surface area (Å²) in [5, 5.41) is 9.61. The number of benzene rings is 1. The highest BCUT2D eigenvalue weighted by molar-refractivity contribution is 5.97. The molecule has 0 fully saturated rings. The summed E-state index contributed by atoms with van der Waals surface area (Å²) in [6.45, 7) is 4.17. The zero-order valence-electron chi connectivity index (χ0n) is 19.5. The minimum Gasteiger partial charge on any atom is -0.456 e. The molecule has 0 spiro atoms. The predicted molar refractivity (Wildman–Crippen MR) is 130 cm³/mol. The van der Waals surface area contributed by atoms with E-state index in [0.717, 1.165) is 90.5 Å². The van der Waals surface area contributed by atoms with Crippen molar-refractivity contribution in [1.82, 2.24) is 4.57 Å². The molecule has 0 bridgehead atoms. The molecule has 0 saturated carbocycles. The van der Waals surface area contributed by atoms with Crippen LogP contribution in [0.5, 0.6) is 0 Å². The van der Waals surface area contributed by atoms with Gasteiger partial charge in [0.25, 0.3) is 5.56 Å². The van der Waals surface area contributed by atoms with Crippen molar-refractivity contribution in [2.45, 2.75) is 58.3 Å². The molecule has 0 aliphatic heterocycles. The molecule has 0 radical (unpaired) electrons. The Hall–Kier alpha value is -2.92. The summed E-state index contributed by atoms with van der Waals surface area (Å²) in [7, 11) is 2.78. The standard InChI is InChI=1S/C26H29NO3.CH4O/c1-4-5-6-10-19(16-28)25-24(23-15-18-9-7-8-11-22(18)30-23)21-14-17(2)12-13-20(21)26(29)27(25)3;1-2/h9,11-16,19H,4-8,10H2,1-3H3;2H,1H3. The number of hydrogen-bond acceptors (Lipinski definition) is 4. The van der Waals surface area contributed by atoms with Crippen LogP contribution in [0.4, 0.5) is 0 Å². The largest absolute Gasteiger partial charge is 0.456 e. The summed E-state index contributed by atoms with van der Waals surface area (Å²) in [6.07, 6.45) is 11.1. The first-order chi connectivity index (χ1) is 15.5. The molecule has 0 amide bonds. The number of aliphatic hydroxyl groups excluding tert-OH is 1. The third-order valence-corrected chi connectivity index (χ3v) is 6.13. The summed E-state index contributed by atoms with van der Waals surface area (Å²) in [5.74, 6) is 0.391. The van der Waals surface area contributed by atoms with Gasteiger partial charge in [-0.05, 0) is 44.4 Å². The van der Waals surface area contributed by atoms with Gasteiger partial charge in [-0.2, -0.15) is 0 Å². The number of fused-ring (bicyclic) bond motifs is 2. The van der Waals surface area contributed by atoms with Crippen LogP contribution in [0.3, 0.4) is 0 Å². The minimum absolute atomic E-state index is 0.0689. The average molecular weight is 436 g/mol. The van der Waals surface area contributed by atoms with E-state index in [2.05, 4.69) is 25.1 Å². The topological polar surface area (TPSA) is 72.4 Å². The average Bonchev–Trinajstić information content (AvgIpc) is 3.24. The van der Waals surface area contributed by atoms with Crippen molar-refractivity contribution in [3.63, 3.8) is 0 Å². The summed E-state index contributed by atoms with van der Waals surface area (Å²) >= 11 is 0. The zero-order valence-corrected chi connectivity index (χ0v) is 19.5. The second-order valence-electron chi connectivity index (χ2n) is 8.33. The lowest BCUT2D eigenvalue weighted by atomic mass is 9.90. The molecule has 1 atom stereocenters. The molecular formula is C27H33NO4. The van der Waals surface area contributed by atoms with Crippen molar-refractivity contribution in [1.29, 1.82) is 0 Å². The molecule has 5 nitrogen and oxygen atoms in total. The Kier molecular flexibility index (Phi) is 7.86. The van der Waals surface area contributed by atoms with Crippen molar-refractivity contribution in [2.24, 2.45) is 7.05 Å². The number of carbonyl (C=O) groups excluding carboxylic acids is 1. The maximum atomic E-state index is 13.2. The number of rotatable bonds is 7. The van der Waals surface area contributed by atoms with Crippen LogP contribution in [-0.2, 0) is 11.8 Å². The lowest BCUT2D eigenvalue weighted by Crippen LogP contribution is -2.24. The van der Waals surface area contributed by atoms with E-state index >= 15 is 0 Å². The van der Waals surface area contributed by atoms with E-state index in [0.29, 0.717) is 5.39 Å². The first-order valence-corrected chi connectivity index (χ1v) is 11.4. The molecule has 1 aromatic carbocycles. The summed E-state index contributed by atoms with van der Waals surface area (Å²) in [6, 6.07) is 7.94. The number of aryl methyl sites for hydroxylation is 1. The monoisotopic (exact) mass is 435 g/mol. The van der Waals surface area contributed by atoms with E-state index in [9.17, 15) is 9.59 Å². The van der Waals surface area contributed by atoms with E-state index in [-0.39, 0.29) is 11.5 Å². The van der Waals surface area contributed by atoms with Crippen LogP contribution < -0.4 is 16.2 Å². The molecule has 5 heteroatoms. The summed E-state index contributed by atoms with van der Waals surface area (Å²) in [4.78, 5) is 25.4. The smallest absolute Gasteiger partial charge is 0.258 e. The maximum Gasteiger partial charge on any atom is 0.258 e. The van der Waals surface area contributed by atoms with Gasteiger partial charge in [0, 0.05) is 41.4 Å². The molecular weight excluding hydrogens is 402 g/mol. The van der Waals surface area contributed by atoms with Crippen LogP contribution in [0, 0.1) is 6.92 Å². The fraction of sp³-hybridized carbons (Fsp3) is 0.407. The molecule has 170 valence electrons. The van der Waals surface area contributed by atoms with Crippen LogP contribution in [0.15, 0.2) is 33.5 Å². The Morgan fingerprint density at radius 2 is 1.88 bits per heavy atom. The first kappa shape index (κ1) is 23.7. The number of aromatic nitrogens is 1. The van der Waals surface area contributed by atoms with Crippen molar-refractivity contribution < 1.29 is 14.3 Å². The highest BCUT2D eigenvalue weighted by Gasteiger charge is 2.25. The fourth-order valence-corrected chi connectivity index (χ4v) is 4.54. The van der Waals surface area contributed by atoms with Gasteiger partial charge in [0.2, 0.25) is 0 Å².